The molecule has 11 heavy (non-hydrogen) atoms. The van der Waals surface area contributed by atoms with Crippen molar-refractivity contribution in [1.82, 2.24) is 4.90 Å². The average Bonchev–Trinajstić information content (AvgIpc) is 2.03. The van der Waals surface area contributed by atoms with Gasteiger partial charge in [0.2, 0.25) is 0 Å². The molecule has 66 valence electrons. The van der Waals surface area contributed by atoms with Crippen LogP contribution in [0.1, 0.15) is 19.3 Å². The number of nitrogens with zero attached hydrogens (tertiary/aromatic N) is 1. The molecule has 0 aromatic heterocycles. The fourth-order valence-electron chi connectivity index (χ4n) is 1.33. The van der Waals surface area contributed by atoms with Crippen LogP contribution in [0.4, 0.5) is 8.78 Å². The van der Waals surface area contributed by atoms with Gasteiger partial charge in [-0.3, -0.25) is 4.90 Å². The Morgan fingerprint density at radius 1 is 1.45 bits per heavy atom. The van der Waals surface area contributed by atoms with E-state index >= 15 is 0 Å². The van der Waals surface area contributed by atoms with Crippen molar-refractivity contribution in [3.05, 3.63) is 0 Å². The first kappa shape index (κ1) is 8.87. The Morgan fingerprint density at radius 2 is 2.09 bits per heavy atom. The minimum Gasteiger partial charge on any atom is -0.311 e. The topological polar surface area (TPSA) is 29.3 Å². The van der Waals surface area contributed by atoms with E-state index < -0.39 is 12.1 Å². The quantitative estimate of drug-likeness (QED) is 0.579. The summed E-state index contributed by atoms with van der Waals surface area (Å²) < 4.78 is 25.9. The molecular formula is C7H14F2N2. The van der Waals surface area contributed by atoms with Gasteiger partial charge in [0.25, 0.3) is 5.92 Å². The summed E-state index contributed by atoms with van der Waals surface area (Å²) in [6, 6.07) is 0. The summed E-state index contributed by atoms with van der Waals surface area (Å²) in [6.45, 7) is 0.677. The number of likely N-dealkylation sites (tertiary alicyclic amines) is 1. The van der Waals surface area contributed by atoms with Gasteiger partial charge in [-0.2, -0.15) is 0 Å². The summed E-state index contributed by atoms with van der Waals surface area (Å²) in [7, 11) is 1.64. The highest BCUT2D eigenvalue weighted by molar-refractivity contribution is 4.82. The first-order valence-corrected chi connectivity index (χ1v) is 3.88. The maximum absolute atomic E-state index is 12.9. The van der Waals surface area contributed by atoms with E-state index in [1.807, 2.05) is 0 Å². The van der Waals surface area contributed by atoms with E-state index in [0.717, 1.165) is 6.42 Å². The van der Waals surface area contributed by atoms with Crippen LogP contribution in [-0.4, -0.2) is 30.6 Å². The van der Waals surface area contributed by atoms with Crippen molar-refractivity contribution < 1.29 is 8.78 Å². The maximum Gasteiger partial charge on any atom is 0.275 e. The van der Waals surface area contributed by atoms with E-state index in [0.29, 0.717) is 13.0 Å². The Morgan fingerprint density at radius 3 is 2.73 bits per heavy atom. The average molecular weight is 164 g/mol. The summed E-state index contributed by atoms with van der Waals surface area (Å²) in [6.07, 6.45) is 0.230. The largest absolute Gasteiger partial charge is 0.311 e. The molecule has 2 N–H and O–H groups in total. The molecule has 1 unspecified atom stereocenters. The van der Waals surface area contributed by atoms with Crippen LogP contribution in [0.3, 0.4) is 0 Å². The van der Waals surface area contributed by atoms with Crippen LogP contribution >= 0.6 is 0 Å². The third-order valence-corrected chi connectivity index (χ3v) is 2.18. The molecule has 4 heteroatoms. The summed E-state index contributed by atoms with van der Waals surface area (Å²) in [5.41, 5.74) is 5.33. The molecule has 0 spiro atoms. The van der Waals surface area contributed by atoms with Gasteiger partial charge in [0.15, 0.2) is 0 Å². The van der Waals surface area contributed by atoms with Crippen LogP contribution in [0.5, 0.6) is 0 Å². The molecular weight excluding hydrogens is 150 g/mol. The monoisotopic (exact) mass is 164 g/mol. The third kappa shape index (κ3) is 1.87. The lowest BCUT2D eigenvalue weighted by Gasteiger charge is -2.27. The van der Waals surface area contributed by atoms with Crippen molar-refractivity contribution in [2.24, 2.45) is 5.73 Å². The first-order chi connectivity index (χ1) is 5.04. The summed E-state index contributed by atoms with van der Waals surface area (Å²) in [4.78, 5) is 1.52. The predicted octanol–water partition coefficient (Wildman–Crippen LogP) is 1.02. The third-order valence-electron chi connectivity index (χ3n) is 2.18. The van der Waals surface area contributed by atoms with Crippen molar-refractivity contribution in [2.75, 3.05) is 13.6 Å². The zero-order valence-corrected chi connectivity index (χ0v) is 6.69. The van der Waals surface area contributed by atoms with Crippen LogP contribution in [0.2, 0.25) is 0 Å². The number of alkyl halides is 2. The van der Waals surface area contributed by atoms with Crippen LogP contribution in [-0.2, 0) is 0 Å². The molecule has 1 aliphatic heterocycles. The highest BCUT2D eigenvalue weighted by Gasteiger charge is 2.40. The molecule has 1 fully saturated rings. The van der Waals surface area contributed by atoms with Gasteiger partial charge in [0.05, 0.1) is 0 Å². The van der Waals surface area contributed by atoms with Crippen LogP contribution in [0, 0.1) is 0 Å². The van der Waals surface area contributed by atoms with E-state index in [-0.39, 0.29) is 6.42 Å². The van der Waals surface area contributed by atoms with Crippen molar-refractivity contribution in [1.29, 1.82) is 0 Å². The van der Waals surface area contributed by atoms with Crippen LogP contribution in [0.25, 0.3) is 0 Å². The molecule has 1 atom stereocenters. The standard InChI is InChI=1S/C7H14F2N2/c1-11-5-3-2-4-7(8,9)6(11)10/h6H,2-5,10H2,1H3. The van der Waals surface area contributed by atoms with Gasteiger partial charge in [-0.25, -0.2) is 8.78 Å². The van der Waals surface area contributed by atoms with Gasteiger partial charge in [0, 0.05) is 6.42 Å². The lowest BCUT2D eigenvalue weighted by Crippen LogP contribution is -2.51. The van der Waals surface area contributed by atoms with Gasteiger partial charge in [-0.05, 0) is 26.4 Å². The lowest BCUT2D eigenvalue weighted by molar-refractivity contribution is -0.0698. The van der Waals surface area contributed by atoms with Gasteiger partial charge in [-0.1, -0.05) is 0 Å². The molecule has 0 amide bonds. The van der Waals surface area contributed by atoms with Crippen LogP contribution in [0.15, 0.2) is 0 Å². The molecule has 0 radical (unpaired) electrons. The molecule has 2 nitrogen and oxygen atoms in total. The molecule has 1 rings (SSSR count). The molecule has 1 aliphatic rings. The number of rotatable bonds is 0. The maximum atomic E-state index is 12.9. The highest BCUT2D eigenvalue weighted by atomic mass is 19.3. The fourth-order valence-corrected chi connectivity index (χ4v) is 1.33. The van der Waals surface area contributed by atoms with Gasteiger partial charge in [-0.15, -0.1) is 0 Å². The second-order valence-electron chi connectivity index (χ2n) is 3.14. The molecule has 1 saturated heterocycles. The van der Waals surface area contributed by atoms with Gasteiger partial charge in [0.1, 0.15) is 6.17 Å². The smallest absolute Gasteiger partial charge is 0.275 e. The minimum absolute atomic E-state index is 0.0709. The van der Waals surface area contributed by atoms with E-state index in [4.69, 9.17) is 5.73 Å². The molecule has 0 aromatic carbocycles. The highest BCUT2D eigenvalue weighted by Crippen LogP contribution is 2.28. The zero-order valence-electron chi connectivity index (χ0n) is 6.69. The second kappa shape index (κ2) is 3.03. The fraction of sp³-hybridized carbons (Fsp3) is 1.00. The zero-order chi connectivity index (χ0) is 8.48. The summed E-state index contributed by atoms with van der Waals surface area (Å²) in [5.74, 6) is -2.70. The number of nitrogens with two attached hydrogens (primary N) is 1. The van der Waals surface area contributed by atoms with Crippen LogP contribution < -0.4 is 5.73 Å². The Bertz CT molecular complexity index is 138. The van der Waals surface area contributed by atoms with Crippen molar-refractivity contribution in [3.8, 4) is 0 Å². The predicted molar refractivity (Wildman–Crippen MR) is 39.4 cm³/mol. The Labute approximate surface area is 65.4 Å². The Hall–Kier alpha value is -0.220. The summed E-state index contributed by atoms with van der Waals surface area (Å²) >= 11 is 0. The normalized spacial score (nSPS) is 33.3. The van der Waals surface area contributed by atoms with Crippen molar-refractivity contribution in [3.63, 3.8) is 0 Å². The van der Waals surface area contributed by atoms with Gasteiger partial charge < -0.3 is 5.73 Å². The van der Waals surface area contributed by atoms with E-state index in [1.54, 1.807) is 7.05 Å². The molecule has 0 aliphatic carbocycles. The lowest BCUT2D eigenvalue weighted by atomic mass is 10.1. The van der Waals surface area contributed by atoms with E-state index in [9.17, 15) is 8.78 Å². The molecule has 0 saturated carbocycles. The Kier molecular flexibility index (Phi) is 2.44. The molecule has 1 heterocycles. The minimum atomic E-state index is -2.70. The second-order valence-corrected chi connectivity index (χ2v) is 3.14. The van der Waals surface area contributed by atoms with Gasteiger partial charge >= 0.3 is 0 Å². The van der Waals surface area contributed by atoms with E-state index in [2.05, 4.69) is 0 Å². The van der Waals surface area contributed by atoms with Crippen molar-refractivity contribution >= 4 is 0 Å². The first-order valence-electron chi connectivity index (χ1n) is 3.88. The summed E-state index contributed by atoms with van der Waals surface area (Å²) in [5, 5.41) is 0. The molecule has 0 bridgehead atoms. The SMILES string of the molecule is CN1CCCCC(F)(F)C1N. The van der Waals surface area contributed by atoms with Crippen molar-refractivity contribution in [2.45, 2.75) is 31.4 Å². The number of hydrogen-bond acceptors (Lipinski definition) is 2. The molecule has 0 aromatic rings. The number of hydrogen-bond donors (Lipinski definition) is 1. The Balaban J connectivity index is 2.65. The number of halogens is 2. The van der Waals surface area contributed by atoms with E-state index in [1.165, 1.54) is 4.90 Å².